The zero-order valence-electron chi connectivity index (χ0n) is 10.9. The molecule has 19 heavy (non-hydrogen) atoms. The molecule has 0 fully saturated rings. The van der Waals surface area contributed by atoms with E-state index in [1.807, 2.05) is 24.7 Å². The molecule has 5 nitrogen and oxygen atoms in total. The van der Waals surface area contributed by atoms with Crippen molar-refractivity contribution in [3.63, 3.8) is 0 Å². The van der Waals surface area contributed by atoms with Crippen molar-refractivity contribution in [3.8, 4) is 0 Å². The van der Waals surface area contributed by atoms with E-state index < -0.39 is 0 Å². The summed E-state index contributed by atoms with van der Waals surface area (Å²) in [6.45, 7) is 2.48. The number of anilines is 1. The van der Waals surface area contributed by atoms with Gasteiger partial charge < -0.3 is 15.6 Å². The lowest BCUT2D eigenvalue weighted by molar-refractivity contribution is 0.0953. The van der Waals surface area contributed by atoms with Crippen molar-refractivity contribution in [1.82, 2.24) is 14.9 Å². The highest BCUT2D eigenvalue weighted by atomic mass is 32.2. The zero-order valence-corrected chi connectivity index (χ0v) is 11.7. The van der Waals surface area contributed by atoms with Crippen LogP contribution in [-0.4, -0.2) is 22.0 Å². The topological polar surface area (TPSA) is 72.9 Å². The fourth-order valence-electron chi connectivity index (χ4n) is 1.62. The normalized spacial score (nSPS) is 10.4. The Hall–Kier alpha value is -1.95. The van der Waals surface area contributed by atoms with Crippen molar-refractivity contribution in [2.24, 2.45) is 7.05 Å². The lowest BCUT2D eigenvalue weighted by atomic mass is 10.2. The van der Waals surface area contributed by atoms with Crippen molar-refractivity contribution in [3.05, 3.63) is 36.2 Å². The molecule has 0 aliphatic carbocycles. The molecule has 0 bridgehead atoms. The Balaban J connectivity index is 2.35. The predicted octanol–water partition coefficient (Wildman–Crippen LogP) is 1.90. The number of amides is 1. The summed E-state index contributed by atoms with van der Waals surface area (Å²) in [5.41, 5.74) is 7.04. The first-order valence-corrected chi connectivity index (χ1v) is 6.76. The van der Waals surface area contributed by atoms with Crippen molar-refractivity contribution in [2.75, 3.05) is 12.3 Å². The van der Waals surface area contributed by atoms with Crippen molar-refractivity contribution >= 4 is 23.4 Å². The Morgan fingerprint density at radius 3 is 2.95 bits per heavy atom. The third-order valence-corrected chi connectivity index (χ3v) is 3.70. The first-order valence-electron chi connectivity index (χ1n) is 5.94. The molecule has 1 aromatic heterocycles. The molecule has 100 valence electrons. The van der Waals surface area contributed by atoms with E-state index in [2.05, 4.69) is 10.3 Å². The number of benzene rings is 1. The van der Waals surface area contributed by atoms with Crippen molar-refractivity contribution in [2.45, 2.75) is 17.0 Å². The Morgan fingerprint density at radius 1 is 1.53 bits per heavy atom. The molecule has 0 spiro atoms. The van der Waals surface area contributed by atoms with Crippen LogP contribution in [0.2, 0.25) is 0 Å². The quantitative estimate of drug-likeness (QED) is 0.837. The standard InChI is InChI=1S/C13H16N4OS/c1-3-15-12(18)10-5-4-9(14)8-11(10)19-13-16-6-7-17(13)2/h4-8H,3,14H2,1-2H3,(H,15,18). The number of nitrogen functional groups attached to an aromatic ring is 1. The van der Waals surface area contributed by atoms with Gasteiger partial charge in [-0.25, -0.2) is 4.98 Å². The molecular weight excluding hydrogens is 260 g/mol. The van der Waals surface area contributed by atoms with Crippen LogP contribution in [0.3, 0.4) is 0 Å². The molecule has 1 heterocycles. The fourth-order valence-corrected chi connectivity index (χ4v) is 2.60. The number of hydrogen-bond donors (Lipinski definition) is 2. The second-order valence-electron chi connectivity index (χ2n) is 4.04. The number of nitrogens with one attached hydrogen (secondary N) is 1. The molecular formula is C13H16N4OS. The number of carbonyl (C=O) groups excluding carboxylic acids is 1. The van der Waals surface area contributed by atoms with E-state index in [9.17, 15) is 4.79 Å². The predicted molar refractivity (Wildman–Crippen MR) is 76.2 cm³/mol. The molecule has 0 radical (unpaired) electrons. The summed E-state index contributed by atoms with van der Waals surface area (Å²) in [5, 5.41) is 3.61. The molecule has 1 amide bonds. The average Bonchev–Trinajstić information content (AvgIpc) is 2.75. The summed E-state index contributed by atoms with van der Waals surface area (Å²) in [7, 11) is 1.91. The number of aromatic nitrogens is 2. The third-order valence-electron chi connectivity index (χ3n) is 2.57. The summed E-state index contributed by atoms with van der Waals surface area (Å²) >= 11 is 1.43. The molecule has 2 aromatic rings. The molecule has 0 aliphatic rings. The highest BCUT2D eigenvalue weighted by molar-refractivity contribution is 7.99. The average molecular weight is 276 g/mol. The van der Waals surface area contributed by atoms with Gasteiger partial charge in [-0.3, -0.25) is 4.79 Å². The van der Waals surface area contributed by atoms with E-state index in [1.165, 1.54) is 11.8 Å². The highest BCUT2D eigenvalue weighted by Crippen LogP contribution is 2.30. The van der Waals surface area contributed by atoms with E-state index in [0.29, 0.717) is 17.8 Å². The Morgan fingerprint density at radius 2 is 2.32 bits per heavy atom. The lowest BCUT2D eigenvalue weighted by Gasteiger charge is -2.09. The second kappa shape index (κ2) is 5.79. The van der Waals surface area contributed by atoms with E-state index in [0.717, 1.165) is 10.1 Å². The van der Waals surface area contributed by atoms with Gasteiger partial charge in [-0.1, -0.05) is 11.8 Å². The molecule has 2 rings (SSSR count). The minimum absolute atomic E-state index is 0.0980. The minimum Gasteiger partial charge on any atom is -0.399 e. The number of rotatable bonds is 4. The molecule has 0 atom stereocenters. The number of carbonyl (C=O) groups is 1. The van der Waals surface area contributed by atoms with Gasteiger partial charge in [0.2, 0.25) is 0 Å². The molecule has 6 heteroatoms. The molecule has 0 saturated heterocycles. The smallest absolute Gasteiger partial charge is 0.252 e. The molecule has 0 unspecified atom stereocenters. The first kappa shape index (κ1) is 13.5. The summed E-state index contributed by atoms with van der Waals surface area (Å²) in [5.74, 6) is -0.0980. The van der Waals surface area contributed by atoms with Gasteiger partial charge >= 0.3 is 0 Å². The summed E-state index contributed by atoms with van der Waals surface area (Å²) in [4.78, 5) is 17.0. The Labute approximate surface area is 116 Å². The fraction of sp³-hybridized carbons (Fsp3) is 0.231. The first-order chi connectivity index (χ1) is 9.11. The van der Waals surface area contributed by atoms with Crippen molar-refractivity contribution in [1.29, 1.82) is 0 Å². The van der Waals surface area contributed by atoms with Gasteiger partial charge in [-0.15, -0.1) is 0 Å². The van der Waals surface area contributed by atoms with Crippen LogP contribution in [0.4, 0.5) is 5.69 Å². The van der Waals surface area contributed by atoms with E-state index in [4.69, 9.17) is 5.73 Å². The monoisotopic (exact) mass is 276 g/mol. The largest absolute Gasteiger partial charge is 0.399 e. The van der Waals surface area contributed by atoms with Gasteiger partial charge in [0.15, 0.2) is 5.16 Å². The number of nitrogens with zero attached hydrogens (tertiary/aromatic N) is 2. The lowest BCUT2D eigenvalue weighted by Crippen LogP contribution is -2.23. The molecule has 0 saturated carbocycles. The zero-order chi connectivity index (χ0) is 13.8. The van der Waals surface area contributed by atoms with E-state index in [-0.39, 0.29) is 5.91 Å². The number of hydrogen-bond acceptors (Lipinski definition) is 4. The van der Waals surface area contributed by atoms with Gasteiger partial charge in [-0.05, 0) is 25.1 Å². The van der Waals surface area contributed by atoms with Crippen LogP contribution >= 0.6 is 11.8 Å². The molecule has 1 aromatic carbocycles. The van der Waals surface area contributed by atoms with E-state index >= 15 is 0 Å². The second-order valence-corrected chi connectivity index (χ2v) is 5.05. The minimum atomic E-state index is -0.0980. The highest BCUT2D eigenvalue weighted by Gasteiger charge is 2.13. The number of imidazole rings is 1. The van der Waals surface area contributed by atoms with Crippen LogP contribution in [-0.2, 0) is 7.05 Å². The van der Waals surface area contributed by atoms with Gasteiger partial charge in [0.1, 0.15) is 0 Å². The summed E-state index contributed by atoms with van der Waals surface area (Å²) < 4.78 is 1.90. The molecule has 0 aliphatic heterocycles. The van der Waals surface area contributed by atoms with Crippen LogP contribution in [0.5, 0.6) is 0 Å². The summed E-state index contributed by atoms with van der Waals surface area (Å²) in [6, 6.07) is 5.27. The maximum atomic E-state index is 12.0. The van der Waals surface area contributed by atoms with Crippen LogP contribution in [0, 0.1) is 0 Å². The Bertz CT molecular complexity index is 594. The molecule has 3 N–H and O–H groups in total. The summed E-state index contributed by atoms with van der Waals surface area (Å²) in [6.07, 6.45) is 3.58. The SMILES string of the molecule is CCNC(=O)c1ccc(N)cc1Sc1nccn1C. The van der Waals surface area contributed by atoms with Crippen LogP contribution in [0.15, 0.2) is 40.6 Å². The van der Waals surface area contributed by atoms with Crippen molar-refractivity contribution < 1.29 is 4.79 Å². The van der Waals surface area contributed by atoms with Gasteiger partial charge in [0.25, 0.3) is 5.91 Å². The van der Waals surface area contributed by atoms with Gasteiger partial charge in [0, 0.05) is 36.6 Å². The van der Waals surface area contributed by atoms with Crippen LogP contribution in [0.25, 0.3) is 0 Å². The Kier molecular flexibility index (Phi) is 4.11. The maximum absolute atomic E-state index is 12.0. The third kappa shape index (κ3) is 3.08. The number of aryl methyl sites for hydroxylation is 1. The number of nitrogens with two attached hydrogens (primary N) is 1. The van der Waals surface area contributed by atoms with Crippen LogP contribution < -0.4 is 11.1 Å². The van der Waals surface area contributed by atoms with Gasteiger partial charge in [-0.2, -0.15) is 0 Å². The van der Waals surface area contributed by atoms with Crippen LogP contribution in [0.1, 0.15) is 17.3 Å². The van der Waals surface area contributed by atoms with E-state index in [1.54, 1.807) is 24.4 Å². The maximum Gasteiger partial charge on any atom is 0.252 e. The van der Waals surface area contributed by atoms with Gasteiger partial charge in [0.05, 0.1) is 5.56 Å².